The van der Waals surface area contributed by atoms with Gasteiger partial charge in [0.1, 0.15) is 11.3 Å². The highest BCUT2D eigenvalue weighted by atomic mass is 16.2. The van der Waals surface area contributed by atoms with E-state index in [1.807, 2.05) is 18.2 Å². The van der Waals surface area contributed by atoms with Crippen molar-refractivity contribution in [1.29, 1.82) is 0 Å². The maximum atomic E-state index is 12.7. The van der Waals surface area contributed by atoms with Crippen LogP contribution in [0.5, 0.6) is 0 Å². The molecule has 1 aromatic carbocycles. The number of hydrogen-bond acceptors (Lipinski definition) is 5. The lowest BCUT2D eigenvalue weighted by atomic mass is 10.0. The highest BCUT2D eigenvalue weighted by Gasteiger charge is 2.23. The van der Waals surface area contributed by atoms with Gasteiger partial charge in [-0.25, -0.2) is 9.50 Å². The van der Waals surface area contributed by atoms with Gasteiger partial charge in [-0.2, -0.15) is 5.10 Å². The first-order valence-electron chi connectivity index (χ1n) is 8.87. The molecular weight excluding hydrogens is 344 g/mol. The smallest absolute Gasteiger partial charge is 0.270 e. The van der Waals surface area contributed by atoms with Crippen LogP contribution in [-0.2, 0) is 0 Å². The zero-order chi connectivity index (χ0) is 18.8. The molecule has 0 radical (unpaired) electrons. The molecule has 27 heavy (non-hydrogen) atoms. The number of carbonyl (C=O) groups is 2. The van der Waals surface area contributed by atoms with Crippen molar-refractivity contribution in [3.05, 3.63) is 60.0 Å². The fourth-order valence-corrected chi connectivity index (χ4v) is 3.42. The number of piperidine rings is 1. The van der Waals surface area contributed by atoms with E-state index in [2.05, 4.69) is 32.4 Å². The van der Waals surface area contributed by atoms with Gasteiger partial charge in [-0.3, -0.25) is 9.59 Å². The molecule has 1 aliphatic heterocycles. The van der Waals surface area contributed by atoms with Crippen molar-refractivity contribution in [3.8, 4) is 0 Å². The molecule has 0 saturated carbocycles. The minimum Gasteiger partial charge on any atom is -0.371 e. The summed E-state index contributed by atoms with van der Waals surface area (Å²) in [5.41, 5.74) is 7.34. The van der Waals surface area contributed by atoms with E-state index in [1.54, 1.807) is 6.07 Å². The second-order valence-corrected chi connectivity index (χ2v) is 6.56. The number of para-hydroxylation sites is 1. The van der Waals surface area contributed by atoms with Crippen LogP contribution in [0.4, 0.5) is 5.69 Å². The van der Waals surface area contributed by atoms with Gasteiger partial charge in [-0.05, 0) is 31.0 Å². The SMILES string of the molecule is NC(=O)c1cnn2c(C(=O)NC3CCN(c4ccccc4)CC3)ccnc12. The monoisotopic (exact) mass is 364 g/mol. The Morgan fingerprint density at radius 2 is 1.85 bits per heavy atom. The van der Waals surface area contributed by atoms with Crippen molar-refractivity contribution in [2.75, 3.05) is 18.0 Å². The number of aromatic nitrogens is 3. The minimum absolute atomic E-state index is 0.0897. The molecule has 0 unspecified atom stereocenters. The number of primary amides is 1. The lowest BCUT2D eigenvalue weighted by molar-refractivity contribution is 0.0922. The van der Waals surface area contributed by atoms with Crippen LogP contribution >= 0.6 is 0 Å². The summed E-state index contributed by atoms with van der Waals surface area (Å²) >= 11 is 0. The Labute approximate surface area is 156 Å². The predicted octanol–water partition coefficient (Wildman–Crippen LogP) is 1.23. The quantitative estimate of drug-likeness (QED) is 0.724. The van der Waals surface area contributed by atoms with Gasteiger partial charge in [0.2, 0.25) is 0 Å². The lowest BCUT2D eigenvalue weighted by Crippen LogP contribution is -2.45. The third-order valence-electron chi connectivity index (χ3n) is 4.85. The summed E-state index contributed by atoms with van der Waals surface area (Å²) in [4.78, 5) is 30.6. The largest absolute Gasteiger partial charge is 0.371 e. The van der Waals surface area contributed by atoms with Crippen LogP contribution in [0.3, 0.4) is 0 Å². The van der Waals surface area contributed by atoms with E-state index in [9.17, 15) is 9.59 Å². The fourth-order valence-electron chi connectivity index (χ4n) is 3.42. The standard InChI is InChI=1S/C19H20N6O2/c20-17(26)15-12-22-25-16(6-9-21-18(15)25)19(27)23-13-7-10-24(11-8-13)14-4-2-1-3-5-14/h1-6,9,12-13H,7-8,10-11H2,(H2,20,26)(H,23,27). The molecular formula is C19H20N6O2. The van der Waals surface area contributed by atoms with E-state index in [0.29, 0.717) is 5.69 Å². The topological polar surface area (TPSA) is 106 Å². The zero-order valence-corrected chi connectivity index (χ0v) is 14.7. The van der Waals surface area contributed by atoms with Gasteiger partial charge < -0.3 is 16.0 Å². The highest BCUT2D eigenvalue weighted by Crippen LogP contribution is 2.20. The first-order chi connectivity index (χ1) is 13.1. The summed E-state index contributed by atoms with van der Waals surface area (Å²) in [5.74, 6) is -0.858. The van der Waals surface area contributed by atoms with Gasteiger partial charge in [0.05, 0.1) is 6.20 Å². The number of hydrogen-bond donors (Lipinski definition) is 2. The van der Waals surface area contributed by atoms with Gasteiger partial charge in [-0.15, -0.1) is 0 Å². The summed E-state index contributed by atoms with van der Waals surface area (Å²) < 4.78 is 1.36. The van der Waals surface area contributed by atoms with Crippen LogP contribution in [0.25, 0.3) is 5.65 Å². The van der Waals surface area contributed by atoms with Crippen LogP contribution in [0.2, 0.25) is 0 Å². The van der Waals surface area contributed by atoms with Crippen molar-refractivity contribution in [3.63, 3.8) is 0 Å². The Bertz CT molecular complexity index is 976. The molecule has 8 heteroatoms. The van der Waals surface area contributed by atoms with Crippen LogP contribution in [0.15, 0.2) is 48.8 Å². The van der Waals surface area contributed by atoms with E-state index in [-0.39, 0.29) is 23.2 Å². The molecule has 8 nitrogen and oxygen atoms in total. The molecule has 3 heterocycles. The Kier molecular flexibility index (Phi) is 4.45. The second kappa shape index (κ2) is 7.06. The average molecular weight is 364 g/mol. The third-order valence-corrected chi connectivity index (χ3v) is 4.85. The molecule has 0 spiro atoms. The molecule has 0 atom stereocenters. The minimum atomic E-state index is -0.622. The maximum Gasteiger partial charge on any atom is 0.270 e. The predicted molar refractivity (Wildman–Crippen MR) is 101 cm³/mol. The van der Waals surface area contributed by atoms with Crippen LogP contribution < -0.4 is 16.0 Å². The Morgan fingerprint density at radius 1 is 1.11 bits per heavy atom. The Balaban J connectivity index is 1.45. The number of rotatable bonds is 4. The highest BCUT2D eigenvalue weighted by molar-refractivity contribution is 5.99. The van der Waals surface area contributed by atoms with E-state index >= 15 is 0 Å². The number of nitrogens with zero attached hydrogens (tertiary/aromatic N) is 4. The van der Waals surface area contributed by atoms with E-state index in [4.69, 9.17) is 5.73 Å². The molecule has 1 fully saturated rings. The van der Waals surface area contributed by atoms with Crippen molar-refractivity contribution in [1.82, 2.24) is 19.9 Å². The van der Waals surface area contributed by atoms with E-state index in [1.165, 1.54) is 22.6 Å². The van der Waals surface area contributed by atoms with Gasteiger partial charge in [-0.1, -0.05) is 18.2 Å². The van der Waals surface area contributed by atoms with Gasteiger partial charge in [0.25, 0.3) is 11.8 Å². The summed E-state index contributed by atoms with van der Waals surface area (Å²) in [6.45, 7) is 1.77. The zero-order valence-electron chi connectivity index (χ0n) is 14.7. The van der Waals surface area contributed by atoms with Crippen molar-refractivity contribution >= 4 is 23.1 Å². The Morgan fingerprint density at radius 3 is 2.56 bits per heavy atom. The van der Waals surface area contributed by atoms with Crippen molar-refractivity contribution in [2.24, 2.45) is 5.73 Å². The molecule has 3 aromatic rings. The molecule has 4 rings (SSSR count). The molecule has 1 saturated heterocycles. The van der Waals surface area contributed by atoms with E-state index < -0.39 is 5.91 Å². The van der Waals surface area contributed by atoms with Crippen LogP contribution in [0, 0.1) is 0 Å². The number of fused-ring (bicyclic) bond motifs is 1. The van der Waals surface area contributed by atoms with Gasteiger partial charge in [0.15, 0.2) is 5.65 Å². The molecule has 3 N–H and O–H groups in total. The molecule has 2 aromatic heterocycles. The molecule has 0 aliphatic carbocycles. The van der Waals surface area contributed by atoms with Crippen LogP contribution in [0.1, 0.15) is 33.7 Å². The normalized spacial score (nSPS) is 15.0. The summed E-state index contributed by atoms with van der Waals surface area (Å²) in [7, 11) is 0. The maximum absolute atomic E-state index is 12.7. The fraction of sp³-hybridized carbons (Fsp3) is 0.263. The molecule has 138 valence electrons. The number of nitrogens with one attached hydrogen (secondary N) is 1. The first-order valence-corrected chi connectivity index (χ1v) is 8.87. The van der Waals surface area contributed by atoms with Gasteiger partial charge in [0, 0.05) is 31.0 Å². The number of amides is 2. The first kappa shape index (κ1) is 17.0. The van der Waals surface area contributed by atoms with Crippen LogP contribution in [-0.4, -0.2) is 45.5 Å². The number of carbonyl (C=O) groups excluding carboxylic acids is 2. The third kappa shape index (κ3) is 3.33. The Hall–Kier alpha value is -3.42. The summed E-state index contributed by atoms with van der Waals surface area (Å²) in [6.07, 6.45) is 4.54. The second-order valence-electron chi connectivity index (χ2n) is 6.56. The van der Waals surface area contributed by atoms with Crippen molar-refractivity contribution < 1.29 is 9.59 Å². The molecule has 2 amide bonds. The summed E-state index contributed by atoms with van der Waals surface area (Å²) in [5, 5.41) is 7.16. The van der Waals surface area contributed by atoms with E-state index in [0.717, 1.165) is 25.9 Å². The molecule has 0 bridgehead atoms. The lowest BCUT2D eigenvalue weighted by Gasteiger charge is -2.34. The molecule has 1 aliphatic rings. The number of benzene rings is 1. The summed E-state index contributed by atoms with van der Waals surface area (Å²) in [6, 6.07) is 11.9. The van der Waals surface area contributed by atoms with Gasteiger partial charge >= 0.3 is 0 Å². The number of anilines is 1. The average Bonchev–Trinajstić information content (AvgIpc) is 3.13. The number of nitrogens with two attached hydrogens (primary N) is 1. The van der Waals surface area contributed by atoms with Crippen molar-refractivity contribution in [2.45, 2.75) is 18.9 Å².